The number of fused-ring (bicyclic) bond motifs is 2. The van der Waals surface area contributed by atoms with E-state index in [9.17, 15) is 23.1 Å². The number of hydrogen-bond acceptors (Lipinski definition) is 7. The number of anilines is 4. The molecule has 0 fully saturated rings. The highest BCUT2D eigenvalue weighted by atomic mass is 35.5. The van der Waals surface area contributed by atoms with Crippen LogP contribution in [0.2, 0.25) is 0 Å². The lowest BCUT2D eigenvalue weighted by atomic mass is 9.82. The first-order chi connectivity index (χ1) is 21.2. The summed E-state index contributed by atoms with van der Waals surface area (Å²) in [4.78, 5) is 20.4. The van der Waals surface area contributed by atoms with Gasteiger partial charge in [-0.1, -0.05) is 48.3 Å². The lowest BCUT2D eigenvalue weighted by Crippen LogP contribution is -2.27. The number of urea groups is 1. The summed E-state index contributed by atoms with van der Waals surface area (Å²) in [7, 11) is 0. The highest BCUT2D eigenvalue weighted by molar-refractivity contribution is 7.16. The maximum Gasteiger partial charge on any atom is 0.436 e. The number of allylic oxidation sites excluding steroid dienone is 3. The molecule has 234 valence electrons. The number of phenolic OH excluding ortho intramolecular Hbond substituents is 1. The Morgan fingerprint density at radius 1 is 1.16 bits per heavy atom. The molecule has 45 heavy (non-hydrogen) atoms. The van der Waals surface area contributed by atoms with Crippen LogP contribution in [0, 0.1) is 5.82 Å². The SMILES string of the molecule is CC1=C(Cl)C=Cc2nc(NC(=O)Nc3ccccc3N3CC(C)(C)c4c(-c5cc(C(F)(F)F)no5)c(F)cc(O)c43)sc2CC1. The number of aromatic hydroxyl groups is 1. The molecule has 0 bridgehead atoms. The Bertz CT molecular complexity index is 1900. The minimum absolute atomic E-state index is 0.171. The van der Waals surface area contributed by atoms with Crippen molar-refractivity contribution in [2.24, 2.45) is 0 Å². The van der Waals surface area contributed by atoms with Crippen LogP contribution in [0.15, 0.2) is 57.6 Å². The summed E-state index contributed by atoms with van der Waals surface area (Å²) in [5, 5.41) is 20.7. The van der Waals surface area contributed by atoms with Gasteiger partial charge in [0.05, 0.1) is 28.3 Å². The molecule has 2 aliphatic rings. The van der Waals surface area contributed by atoms with Crippen molar-refractivity contribution in [3.63, 3.8) is 0 Å². The fourth-order valence-electron chi connectivity index (χ4n) is 5.59. The molecule has 1 aliphatic carbocycles. The molecule has 0 atom stereocenters. The molecule has 6 rings (SSSR count). The monoisotopic (exact) mass is 659 g/mol. The van der Waals surface area contributed by atoms with E-state index >= 15 is 4.39 Å². The Morgan fingerprint density at radius 3 is 2.64 bits per heavy atom. The van der Waals surface area contributed by atoms with Gasteiger partial charge in [0.2, 0.25) is 0 Å². The van der Waals surface area contributed by atoms with Crippen LogP contribution in [0.1, 0.15) is 49.0 Å². The third kappa shape index (κ3) is 5.77. The van der Waals surface area contributed by atoms with Crippen LogP contribution >= 0.6 is 22.9 Å². The number of nitrogens with one attached hydrogen (secondary N) is 2. The van der Waals surface area contributed by atoms with E-state index in [4.69, 9.17) is 16.1 Å². The number of alkyl halides is 3. The topological polar surface area (TPSA) is 104 Å². The van der Waals surface area contributed by atoms with Gasteiger partial charge in [-0.2, -0.15) is 13.2 Å². The van der Waals surface area contributed by atoms with Crippen molar-refractivity contribution in [2.45, 2.75) is 45.2 Å². The normalized spacial score (nSPS) is 15.9. The number of amides is 2. The first-order valence-corrected chi connectivity index (χ1v) is 15.0. The van der Waals surface area contributed by atoms with E-state index in [0.717, 1.165) is 35.1 Å². The summed E-state index contributed by atoms with van der Waals surface area (Å²) >= 11 is 7.65. The number of aromatic nitrogens is 2. The second kappa shape index (κ2) is 11.2. The largest absolute Gasteiger partial charge is 0.506 e. The summed E-state index contributed by atoms with van der Waals surface area (Å²) < 4.78 is 60.2. The van der Waals surface area contributed by atoms with Gasteiger partial charge in [0.15, 0.2) is 16.6 Å². The second-order valence-electron chi connectivity index (χ2n) is 11.4. The number of aryl methyl sites for hydroxylation is 1. The summed E-state index contributed by atoms with van der Waals surface area (Å²) in [6.07, 6.45) is 0.307. The maximum atomic E-state index is 15.4. The van der Waals surface area contributed by atoms with E-state index in [2.05, 4.69) is 20.8 Å². The highest BCUT2D eigenvalue weighted by Gasteiger charge is 2.44. The highest BCUT2D eigenvalue weighted by Crippen LogP contribution is 2.54. The minimum atomic E-state index is -4.79. The second-order valence-corrected chi connectivity index (χ2v) is 12.9. The lowest BCUT2D eigenvalue weighted by Gasteiger charge is -2.25. The zero-order valence-corrected chi connectivity index (χ0v) is 25.7. The van der Waals surface area contributed by atoms with Crippen molar-refractivity contribution in [3.8, 4) is 17.1 Å². The van der Waals surface area contributed by atoms with Crippen LogP contribution in [0.5, 0.6) is 5.75 Å². The third-order valence-corrected chi connectivity index (χ3v) is 9.19. The number of phenols is 1. The molecule has 0 unspecified atom stereocenters. The lowest BCUT2D eigenvalue weighted by molar-refractivity contribution is -0.142. The molecule has 14 heteroatoms. The van der Waals surface area contributed by atoms with Crippen LogP contribution in [-0.4, -0.2) is 27.8 Å². The number of rotatable bonds is 4. The van der Waals surface area contributed by atoms with Gasteiger partial charge < -0.3 is 19.8 Å². The molecule has 2 aromatic heterocycles. The molecule has 3 N–H and O–H groups in total. The first-order valence-electron chi connectivity index (χ1n) is 13.8. The third-order valence-electron chi connectivity index (χ3n) is 7.69. The number of halogens is 5. The van der Waals surface area contributed by atoms with E-state index in [1.165, 1.54) is 11.3 Å². The summed E-state index contributed by atoms with van der Waals surface area (Å²) in [5.74, 6) is -1.81. The van der Waals surface area contributed by atoms with Crippen molar-refractivity contribution in [1.29, 1.82) is 0 Å². The van der Waals surface area contributed by atoms with Crippen molar-refractivity contribution in [1.82, 2.24) is 10.1 Å². The van der Waals surface area contributed by atoms with Crippen molar-refractivity contribution in [3.05, 3.63) is 80.7 Å². The Labute approximate surface area is 264 Å². The van der Waals surface area contributed by atoms with E-state index in [-0.39, 0.29) is 23.4 Å². The van der Waals surface area contributed by atoms with E-state index in [1.807, 2.05) is 13.0 Å². The standard InChI is InChI=1S/C31H26ClF4N5O3S/c1-15-8-11-23-19(10-9-16(15)32)38-29(45-23)39-28(43)37-18-6-4-5-7-20(18)41-14-30(2,3)26-25(17(33)12-21(42)27(26)41)22-13-24(40-44-22)31(34,35)36/h4-7,9-10,12-13,42H,8,11,14H2,1-3H3,(H2,37,38,39,43). The molecule has 2 amide bonds. The minimum Gasteiger partial charge on any atom is -0.506 e. The van der Waals surface area contributed by atoms with Gasteiger partial charge in [-0.25, -0.2) is 14.2 Å². The number of nitrogens with zero attached hydrogens (tertiary/aromatic N) is 3. The molecule has 1 aliphatic heterocycles. The Morgan fingerprint density at radius 2 is 1.91 bits per heavy atom. The predicted molar refractivity (Wildman–Crippen MR) is 166 cm³/mol. The smallest absolute Gasteiger partial charge is 0.436 e. The van der Waals surface area contributed by atoms with Crippen molar-refractivity contribution in [2.75, 3.05) is 22.1 Å². The first kappa shape index (κ1) is 30.7. The molecule has 3 heterocycles. The van der Waals surface area contributed by atoms with E-state index < -0.39 is 40.6 Å². The molecule has 4 aromatic rings. The molecular weight excluding hydrogens is 634 g/mol. The quantitative estimate of drug-likeness (QED) is 0.189. The Balaban J connectivity index is 1.32. The van der Waals surface area contributed by atoms with Gasteiger partial charge in [-0.15, -0.1) is 11.3 Å². The molecule has 0 saturated heterocycles. The molecule has 8 nitrogen and oxygen atoms in total. The number of para-hydroxylation sites is 2. The molecule has 2 aromatic carbocycles. The van der Waals surface area contributed by atoms with Crippen LogP contribution in [-0.2, 0) is 18.0 Å². The van der Waals surface area contributed by atoms with Crippen LogP contribution in [0.3, 0.4) is 0 Å². The summed E-state index contributed by atoms with van der Waals surface area (Å²) in [5.41, 5.74) is 0.613. The van der Waals surface area contributed by atoms with Crippen molar-refractivity contribution < 1.29 is 32.0 Å². The van der Waals surface area contributed by atoms with Gasteiger partial charge in [-0.3, -0.25) is 5.32 Å². The number of hydrogen-bond donors (Lipinski definition) is 3. The van der Waals surface area contributed by atoms with Crippen LogP contribution in [0.25, 0.3) is 17.4 Å². The molecule has 0 saturated carbocycles. The molecule has 0 radical (unpaired) electrons. The average Bonchev–Trinajstić information content (AvgIpc) is 3.66. The predicted octanol–water partition coefficient (Wildman–Crippen LogP) is 9.21. The van der Waals surface area contributed by atoms with Gasteiger partial charge in [0.25, 0.3) is 0 Å². The number of benzene rings is 2. The van der Waals surface area contributed by atoms with Gasteiger partial charge in [0, 0.05) is 39.6 Å². The fourth-order valence-corrected chi connectivity index (χ4v) is 6.69. The Kier molecular flexibility index (Phi) is 7.64. The number of carbonyl (C=O) groups is 1. The fraction of sp³-hybridized carbons (Fsp3) is 0.258. The van der Waals surface area contributed by atoms with Crippen molar-refractivity contribution >= 4 is 57.2 Å². The zero-order chi connectivity index (χ0) is 32.3. The van der Waals surface area contributed by atoms with Gasteiger partial charge in [0.1, 0.15) is 11.6 Å². The Hall–Kier alpha value is -4.36. The average molecular weight is 660 g/mol. The summed E-state index contributed by atoms with van der Waals surface area (Å²) in [6, 6.07) is 7.70. The molecule has 0 spiro atoms. The number of thiazole rings is 1. The van der Waals surface area contributed by atoms with E-state index in [1.54, 1.807) is 49.1 Å². The van der Waals surface area contributed by atoms with Gasteiger partial charge >= 0.3 is 12.2 Å². The van der Waals surface area contributed by atoms with E-state index in [0.29, 0.717) is 27.6 Å². The maximum absolute atomic E-state index is 15.4. The zero-order valence-electron chi connectivity index (χ0n) is 24.1. The number of carbonyl (C=O) groups excluding carboxylic acids is 1. The van der Waals surface area contributed by atoms with Gasteiger partial charge in [-0.05, 0) is 44.1 Å². The summed E-state index contributed by atoms with van der Waals surface area (Å²) in [6.45, 7) is 5.70. The molecular formula is C31H26ClF4N5O3S. The van der Waals surface area contributed by atoms with Crippen LogP contribution < -0.4 is 15.5 Å². The van der Waals surface area contributed by atoms with Crippen LogP contribution in [0.4, 0.5) is 44.5 Å².